The Labute approximate surface area is 220 Å². The van der Waals surface area contributed by atoms with E-state index in [9.17, 15) is 14.4 Å². The Kier molecular flexibility index (Phi) is 7.28. The number of carbonyl (C=O) groups excluding carboxylic acids is 3. The van der Waals surface area contributed by atoms with Crippen LogP contribution >= 0.6 is 0 Å². The van der Waals surface area contributed by atoms with Gasteiger partial charge in [-0.25, -0.2) is 9.78 Å². The molecule has 2 heterocycles. The third kappa shape index (κ3) is 5.18. The highest BCUT2D eigenvalue weighted by Gasteiger charge is 2.28. The van der Waals surface area contributed by atoms with Gasteiger partial charge >= 0.3 is 6.09 Å². The Bertz CT molecular complexity index is 1480. The number of benzene rings is 3. The van der Waals surface area contributed by atoms with Crippen LogP contribution in [0.2, 0.25) is 0 Å². The number of nitrogens with zero attached hydrogens (tertiary/aromatic N) is 3. The van der Waals surface area contributed by atoms with Gasteiger partial charge in [-0.1, -0.05) is 66.7 Å². The summed E-state index contributed by atoms with van der Waals surface area (Å²) in [6, 6.07) is 25.8. The van der Waals surface area contributed by atoms with Gasteiger partial charge in [-0.15, -0.1) is 0 Å². The zero-order valence-corrected chi connectivity index (χ0v) is 20.9. The first-order chi connectivity index (χ1) is 18.5. The summed E-state index contributed by atoms with van der Waals surface area (Å²) >= 11 is 0. The number of anilines is 1. The van der Waals surface area contributed by atoms with E-state index in [-0.39, 0.29) is 12.5 Å². The van der Waals surface area contributed by atoms with Gasteiger partial charge in [0, 0.05) is 36.1 Å². The minimum absolute atomic E-state index is 0.0711. The van der Waals surface area contributed by atoms with E-state index in [1.54, 1.807) is 24.3 Å². The Morgan fingerprint density at radius 2 is 1.68 bits per heavy atom. The van der Waals surface area contributed by atoms with Crippen molar-refractivity contribution in [3.05, 3.63) is 96.1 Å². The van der Waals surface area contributed by atoms with Gasteiger partial charge in [-0.2, -0.15) is 5.01 Å². The second kappa shape index (κ2) is 11.1. The number of pyridine rings is 1. The molecule has 1 aromatic heterocycles. The van der Waals surface area contributed by atoms with Crippen LogP contribution in [0.5, 0.6) is 0 Å². The maximum absolute atomic E-state index is 14.1. The van der Waals surface area contributed by atoms with Crippen LogP contribution < -0.4 is 15.8 Å². The van der Waals surface area contributed by atoms with Crippen molar-refractivity contribution in [1.29, 1.82) is 0 Å². The molecule has 5 rings (SSSR count). The number of para-hydroxylation sites is 2. The van der Waals surface area contributed by atoms with Crippen LogP contribution in [0.1, 0.15) is 15.9 Å². The first kappa shape index (κ1) is 24.9. The number of carbonyl (C=O) groups is 3. The molecule has 192 valence electrons. The summed E-state index contributed by atoms with van der Waals surface area (Å²) in [5.74, 6) is -0.565. The average Bonchev–Trinajstić information content (AvgIpc) is 2.96. The Balaban J connectivity index is 1.67. The monoisotopic (exact) mass is 509 g/mol. The molecule has 3 amide bonds. The smallest absolute Gasteiger partial charge is 0.433 e. The molecule has 0 aliphatic carbocycles. The van der Waals surface area contributed by atoms with Gasteiger partial charge in [-0.3, -0.25) is 19.9 Å². The lowest BCUT2D eigenvalue weighted by atomic mass is 9.95. The number of piperazine rings is 1. The number of ether oxygens (including phenoxy) is 1. The maximum atomic E-state index is 14.1. The summed E-state index contributed by atoms with van der Waals surface area (Å²) in [6.07, 6.45) is -0.736. The Morgan fingerprint density at radius 3 is 2.39 bits per heavy atom. The third-order valence-electron chi connectivity index (χ3n) is 6.35. The van der Waals surface area contributed by atoms with Gasteiger partial charge in [0.25, 0.3) is 5.91 Å². The SMILES string of the molecule is COC(=O)N(NC(=O)c1c(CN2CCNC(=O)C2)c(-c2ccccc2)nc2ccccc12)c1ccccc1. The van der Waals surface area contributed by atoms with Crippen molar-refractivity contribution >= 4 is 34.5 Å². The van der Waals surface area contributed by atoms with E-state index in [0.29, 0.717) is 53.0 Å². The molecule has 0 unspecified atom stereocenters. The van der Waals surface area contributed by atoms with Crippen LogP contribution in [0, 0.1) is 0 Å². The third-order valence-corrected chi connectivity index (χ3v) is 6.35. The fourth-order valence-corrected chi connectivity index (χ4v) is 4.59. The normalized spacial score (nSPS) is 13.6. The minimum atomic E-state index is -0.736. The lowest BCUT2D eigenvalue weighted by Crippen LogP contribution is -2.48. The minimum Gasteiger partial charge on any atom is -0.451 e. The number of amides is 3. The highest BCUT2D eigenvalue weighted by atomic mass is 16.5. The molecule has 0 saturated carbocycles. The summed E-state index contributed by atoms with van der Waals surface area (Å²) in [5.41, 5.74) is 6.37. The number of hydrazine groups is 1. The van der Waals surface area contributed by atoms with Crippen LogP contribution in [0.3, 0.4) is 0 Å². The van der Waals surface area contributed by atoms with E-state index in [2.05, 4.69) is 10.7 Å². The Hall–Kier alpha value is -4.76. The van der Waals surface area contributed by atoms with Crippen molar-refractivity contribution in [3.63, 3.8) is 0 Å². The number of rotatable bonds is 5. The zero-order valence-electron chi connectivity index (χ0n) is 20.9. The molecular weight excluding hydrogens is 482 g/mol. The number of aromatic nitrogens is 1. The van der Waals surface area contributed by atoms with E-state index in [0.717, 1.165) is 10.6 Å². The zero-order chi connectivity index (χ0) is 26.5. The highest BCUT2D eigenvalue weighted by Crippen LogP contribution is 2.32. The predicted molar refractivity (Wildman–Crippen MR) is 144 cm³/mol. The number of methoxy groups -OCH3 is 1. The average molecular weight is 510 g/mol. The fraction of sp³-hybridized carbons (Fsp3) is 0.172. The van der Waals surface area contributed by atoms with Crippen LogP contribution in [0.4, 0.5) is 10.5 Å². The molecule has 3 aromatic carbocycles. The van der Waals surface area contributed by atoms with Crippen molar-refractivity contribution < 1.29 is 19.1 Å². The molecule has 0 radical (unpaired) electrons. The van der Waals surface area contributed by atoms with Crippen LogP contribution in [0.25, 0.3) is 22.2 Å². The van der Waals surface area contributed by atoms with Crippen LogP contribution in [-0.2, 0) is 16.1 Å². The van der Waals surface area contributed by atoms with Gasteiger partial charge in [0.2, 0.25) is 5.91 Å². The van der Waals surface area contributed by atoms with Crippen molar-refractivity contribution in [2.45, 2.75) is 6.54 Å². The topological polar surface area (TPSA) is 104 Å². The van der Waals surface area contributed by atoms with Crippen molar-refractivity contribution in [2.75, 3.05) is 31.8 Å². The van der Waals surface area contributed by atoms with Gasteiger partial charge in [0.1, 0.15) is 0 Å². The fourth-order valence-electron chi connectivity index (χ4n) is 4.59. The van der Waals surface area contributed by atoms with Gasteiger partial charge < -0.3 is 10.1 Å². The molecule has 4 aromatic rings. The molecule has 9 heteroatoms. The molecule has 1 aliphatic rings. The molecule has 9 nitrogen and oxygen atoms in total. The molecule has 0 spiro atoms. The van der Waals surface area contributed by atoms with Crippen LogP contribution in [0.15, 0.2) is 84.9 Å². The van der Waals surface area contributed by atoms with Crippen LogP contribution in [-0.4, -0.2) is 54.5 Å². The predicted octanol–water partition coefficient (Wildman–Crippen LogP) is 3.75. The number of hydrogen-bond acceptors (Lipinski definition) is 6. The summed E-state index contributed by atoms with van der Waals surface area (Å²) in [4.78, 5) is 45.9. The second-order valence-electron chi connectivity index (χ2n) is 8.84. The molecule has 0 atom stereocenters. The van der Waals surface area contributed by atoms with E-state index in [1.807, 2.05) is 65.6 Å². The van der Waals surface area contributed by atoms with Crippen molar-refractivity contribution in [2.24, 2.45) is 0 Å². The number of fused-ring (bicyclic) bond motifs is 1. The van der Waals surface area contributed by atoms with Crippen molar-refractivity contribution in [1.82, 2.24) is 20.6 Å². The highest BCUT2D eigenvalue weighted by molar-refractivity contribution is 6.10. The van der Waals surface area contributed by atoms with Gasteiger partial charge in [0.05, 0.1) is 36.1 Å². The molecule has 1 fully saturated rings. The van der Waals surface area contributed by atoms with E-state index < -0.39 is 12.0 Å². The van der Waals surface area contributed by atoms with Crippen molar-refractivity contribution in [3.8, 4) is 11.3 Å². The summed E-state index contributed by atoms with van der Waals surface area (Å²) in [5, 5.41) is 4.56. The molecule has 0 bridgehead atoms. The molecule has 2 N–H and O–H groups in total. The number of hydrogen-bond donors (Lipinski definition) is 2. The summed E-state index contributed by atoms with van der Waals surface area (Å²) in [6.45, 7) is 1.68. The van der Waals surface area contributed by atoms with E-state index >= 15 is 0 Å². The molecular formula is C29H27N5O4. The summed E-state index contributed by atoms with van der Waals surface area (Å²) < 4.78 is 4.95. The van der Waals surface area contributed by atoms with E-state index in [4.69, 9.17) is 9.72 Å². The quantitative estimate of drug-likeness (QED) is 0.397. The molecule has 38 heavy (non-hydrogen) atoms. The van der Waals surface area contributed by atoms with Gasteiger partial charge in [0.15, 0.2) is 0 Å². The second-order valence-corrected chi connectivity index (χ2v) is 8.84. The Morgan fingerprint density at radius 1 is 1.00 bits per heavy atom. The first-order valence-corrected chi connectivity index (χ1v) is 12.3. The summed E-state index contributed by atoms with van der Waals surface area (Å²) in [7, 11) is 1.26. The van der Waals surface area contributed by atoms with Gasteiger partial charge in [-0.05, 0) is 18.2 Å². The van der Waals surface area contributed by atoms with E-state index in [1.165, 1.54) is 7.11 Å². The molecule has 1 aliphatic heterocycles. The first-order valence-electron chi connectivity index (χ1n) is 12.3. The maximum Gasteiger partial charge on any atom is 0.433 e. The largest absolute Gasteiger partial charge is 0.451 e. The standard InChI is InChI=1S/C29H27N5O4/c1-38-29(37)34(21-12-6-3-7-13-21)32-28(36)26-22-14-8-9-15-24(22)31-27(20-10-4-2-5-11-20)23(26)18-33-17-16-30-25(35)19-33/h2-15H,16-19H2,1H3,(H,30,35)(H,32,36). The molecule has 1 saturated heterocycles. The lowest BCUT2D eigenvalue weighted by molar-refractivity contribution is -0.124. The lowest BCUT2D eigenvalue weighted by Gasteiger charge is -2.29. The number of nitrogens with one attached hydrogen (secondary N) is 2.